The maximum Gasteiger partial charge on any atom is 0.214 e. The molecule has 2 heterocycles. The van der Waals surface area contributed by atoms with Crippen LogP contribution in [0.3, 0.4) is 0 Å². The molecule has 4 nitrogen and oxygen atoms in total. The number of fused-ring (bicyclic) bond motifs is 1. The van der Waals surface area contributed by atoms with Gasteiger partial charge in [-0.25, -0.2) is 4.39 Å². The van der Waals surface area contributed by atoms with Crippen molar-refractivity contribution in [1.29, 1.82) is 0 Å². The van der Waals surface area contributed by atoms with E-state index in [1.165, 1.54) is 12.1 Å². The summed E-state index contributed by atoms with van der Waals surface area (Å²) in [5.41, 5.74) is 4.67. The standard InChI is InChI=1S/C19H21FN2O2/c1-12-6-15(20)5-4-13(12)7-14-8-17-18(21-16(14)9-23)19(2,3)10-22(17)11-24/h4-6,8,11,23H,7,9-10H2,1-3H3. The van der Waals surface area contributed by atoms with E-state index >= 15 is 0 Å². The maximum absolute atomic E-state index is 13.3. The number of nitrogens with zero attached hydrogens (tertiary/aromatic N) is 2. The number of halogens is 1. The highest BCUT2D eigenvalue weighted by molar-refractivity contribution is 5.81. The van der Waals surface area contributed by atoms with Gasteiger partial charge in [0.1, 0.15) is 5.82 Å². The van der Waals surface area contributed by atoms with Gasteiger partial charge >= 0.3 is 0 Å². The largest absolute Gasteiger partial charge is 0.390 e. The van der Waals surface area contributed by atoms with Gasteiger partial charge in [-0.2, -0.15) is 0 Å². The number of hydrogen-bond acceptors (Lipinski definition) is 3. The Hall–Kier alpha value is -2.27. The summed E-state index contributed by atoms with van der Waals surface area (Å²) < 4.78 is 13.3. The summed E-state index contributed by atoms with van der Waals surface area (Å²) in [6.07, 6.45) is 1.36. The number of hydrogen-bond donors (Lipinski definition) is 1. The summed E-state index contributed by atoms with van der Waals surface area (Å²) in [5, 5.41) is 9.73. The van der Waals surface area contributed by atoms with Crippen LogP contribution in [0, 0.1) is 12.7 Å². The summed E-state index contributed by atoms with van der Waals surface area (Å²) in [7, 11) is 0. The van der Waals surface area contributed by atoms with Crippen LogP contribution in [0.5, 0.6) is 0 Å². The van der Waals surface area contributed by atoms with Crippen molar-refractivity contribution in [3.8, 4) is 0 Å². The second kappa shape index (κ2) is 5.98. The van der Waals surface area contributed by atoms with E-state index in [0.29, 0.717) is 18.7 Å². The number of aliphatic hydroxyl groups excluding tert-OH is 1. The number of pyridine rings is 1. The second-order valence-electron chi connectivity index (χ2n) is 6.98. The highest BCUT2D eigenvalue weighted by atomic mass is 19.1. The van der Waals surface area contributed by atoms with Gasteiger partial charge in [0.2, 0.25) is 6.41 Å². The van der Waals surface area contributed by atoms with Gasteiger partial charge in [-0.3, -0.25) is 9.78 Å². The molecule has 0 unspecified atom stereocenters. The van der Waals surface area contributed by atoms with E-state index in [4.69, 9.17) is 0 Å². The minimum atomic E-state index is -0.264. The molecule has 2 aromatic rings. The Balaban J connectivity index is 2.07. The number of benzene rings is 1. The van der Waals surface area contributed by atoms with Gasteiger partial charge in [0.05, 0.1) is 23.7 Å². The van der Waals surface area contributed by atoms with Crippen molar-refractivity contribution in [3.05, 3.63) is 58.2 Å². The molecule has 0 radical (unpaired) electrons. The van der Waals surface area contributed by atoms with Crippen LogP contribution in [0.1, 0.15) is 41.9 Å². The molecule has 5 heteroatoms. The van der Waals surface area contributed by atoms with Crippen LogP contribution in [0.15, 0.2) is 24.3 Å². The van der Waals surface area contributed by atoms with E-state index in [9.17, 15) is 14.3 Å². The fourth-order valence-corrected chi connectivity index (χ4v) is 3.33. The summed E-state index contributed by atoms with van der Waals surface area (Å²) in [4.78, 5) is 17.7. The van der Waals surface area contributed by atoms with Crippen LogP contribution in [0.2, 0.25) is 0 Å². The van der Waals surface area contributed by atoms with Crippen molar-refractivity contribution in [1.82, 2.24) is 4.98 Å². The Morgan fingerprint density at radius 1 is 1.33 bits per heavy atom. The average Bonchev–Trinajstić information content (AvgIpc) is 2.79. The van der Waals surface area contributed by atoms with Gasteiger partial charge in [-0.15, -0.1) is 0 Å². The molecule has 1 aliphatic rings. The number of aliphatic hydroxyl groups is 1. The predicted molar refractivity (Wildman–Crippen MR) is 90.5 cm³/mol. The predicted octanol–water partition coefficient (Wildman–Crippen LogP) is 2.87. The van der Waals surface area contributed by atoms with Crippen LogP contribution in [0.4, 0.5) is 10.1 Å². The molecule has 0 spiro atoms. The Morgan fingerprint density at radius 3 is 2.71 bits per heavy atom. The van der Waals surface area contributed by atoms with Gasteiger partial charge in [0, 0.05) is 12.0 Å². The van der Waals surface area contributed by atoms with Gasteiger partial charge in [-0.1, -0.05) is 19.9 Å². The number of amides is 1. The zero-order valence-corrected chi connectivity index (χ0v) is 14.1. The molecule has 24 heavy (non-hydrogen) atoms. The minimum Gasteiger partial charge on any atom is -0.390 e. The van der Waals surface area contributed by atoms with Gasteiger partial charge in [-0.05, 0) is 48.2 Å². The summed E-state index contributed by atoms with van der Waals surface area (Å²) >= 11 is 0. The second-order valence-corrected chi connectivity index (χ2v) is 6.98. The molecular weight excluding hydrogens is 307 g/mol. The van der Waals surface area contributed by atoms with E-state index in [1.54, 1.807) is 11.0 Å². The van der Waals surface area contributed by atoms with Crippen LogP contribution >= 0.6 is 0 Å². The summed E-state index contributed by atoms with van der Waals surface area (Å²) in [5.74, 6) is -0.264. The van der Waals surface area contributed by atoms with Crippen molar-refractivity contribution < 1.29 is 14.3 Å². The molecule has 0 bridgehead atoms. The molecule has 1 aromatic heterocycles. The zero-order valence-electron chi connectivity index (χ0n) is 14.1. The smallest absolute Gasteiger partial charge is 0.214 e. The number of anilines is 1. The molecule has 0 aliphatic carbocycles. The first kappa shape index (κ1) is 16.6. The molecule has 1 amide bonds. The highest BCUT2D eigenvalue weighted by Gasteiger charge is 2.37. The van der Waals surface area contributed by atoms with Gasteiger partial charge in [0.15, 0.2) is 0 Å². The fourth-order valence-electron chi connectivity index (χ4n) is 3.33. The minimum absolute atomic E-state index is 0.167. The van der Waals surface area contributed by atoms with Crippen LogP contribution in [-0.2, 0) is 23.2 Å². The molecule has 1 aliphatic heterocycles. The van der Waals surface area contributed by atoms with Gasteiger partial charge in [0.25, 0.3) is 0 Å². The fraction of sp³-hybridized carbons (Fsp3) is 0.368. The number of aryl methyl sites for hydroxylation is 1. The van der Waals surface area contributed by atoms with E-state index in [-0.39, 0.29) is 17.8 Å². The lowest BCUT2D eigenvalue weighted by atomic mass is 9.90. The SMILES string of the molecule is Cc1cc(F)ccc1Cc1cc2c(nc1CO)C(C)(C)CN2C=O. The third-order valence-corrected chi connectivity index (χ3v) is 4.65. The zero-order chi connectivity index (χ0) is 17.5. The molecule has 1 N–H and O–H groups in total. The normalized spacial score (nSPS) is 15.5. The Bertz CT molecular complexity index is 802. The number of rotatable bonds is 4. The molecule has 0 saturated carbocycles. The van der Waals surface area contributed by atoms with E-state index in [2.05, 4.69) is 4.98 Å². The molecule has 3 rings (SSSR count). The molecule has 126 valence electrons. The first-order valence-electron chi connectivity index (χ1n) is 7.97. The van der Waals surface area contributed by atoms with Crippen molar-refractivity contribution in [2.24, 2.45) is 0 Å². The quantitative estimate of drug-likeness (QED) is 0.878. The number of carbonyl (C=O) groups excluding carboxylic acids is 1. The van der Waals surface area contributed by atoms with Crippen molar-refractivity contribution >= 4 is 12.1 Å². The lowest BCUT2D eigenvalue weighted by Gasteiger charge is -2.18. The van der Waals surface area contributed by atoms with E-state index in [0.717, 1.165) is 34.5 Å². The van der Waals surface area contributed by atoms with Crippen molar-refractivity contribution in [2.75, 3.05) is 11.4 Å². The number of carbonyl (C=O) groups is 1. The molecule has 0 saturated heterocycles. The number of aromatic nitrogens is 1. The van der Waals surface area contributed by atoms with E-state index < -0.39 is 0 Å². The maximum atomic E-state index is 13.3. The third kappa shape index (κ3) is 2.80. The Kier molecular flexibility index (Phi) is 4.13. The van der Waals surface area contributed by atoms with E-state index in [1.807, 2.05) is 26.8 Å². The molecule has 1 aromatic carbocycles. The Morgan fingerprint density at radius 2 is 2.08 bits per heavy atom. The van der Waals surface area contributed by atoms with Crippen LogP contribution in [-0.4, -0.2) is 23.0 Å². The molecule has 0 atom stereocenters. The molecular formula is C19H21FN2O2. The monoisotopic (exact) mass is 328 g/mol. The van der Waals surface area contributed by atoms with Crippen LogP contribution in [0.25, 0.3) is 0 Å². The lowest BCUT2D eigenvalue weighted by molar-refractivity contribution is -0.107. The van der Waals surface area contributed by atoms with Crippen molar-refractivity contribution in [3.63, 3.8) is 0 Å². The lowest BCUT2D eigenvalue weighted by Crippen LogP contribution is -2.27. The topological polar surface area (TPSA) is 53.4 Å². The average molecular weight is 328 g/mol. The Labute approximate surface area is 141 Å². The van der Waals surface area contributed by atoms with Crippen molar-refractivity contribution in [2.45, 2.75) is 39.2 Å². The van der Waals surface area contributed by atoms with Gasteiger partial charge < -0.3 is 10.0 Å². The summed E-state index contributed by atoms with van der Waals surface area (Å²) in [6.45, 7) is 6.34. The first-order valence-corrected chi connectivity index (χ1v) is 7.97. The van der Waals surface area contributed by atoms with Crippen LogP contribution < -0.4 is 4.90 Å². The third-order valence-electron chi connectivity index (χ3n) is 4.65. The first-order chi connectivity index (χ1) is 11.4. The molecule has 0 fully saturated rings. The summed E-state index contributed by atoms with van der Waals surface area (Å²) in [6, 6.07) is 6.61. The highest BCUT2D eigenvalue weighted by Crippen LogP contribution is 2.39.